The van der Waals surface area contributed by atoms with Crippen LogP contribution in [0.2, 0.25) is 0 Å². The van der Waals surface area contributed by atoms with E-state index >= 15 is 0 Å². The van der Waals surface area contributed by atoms with Crippen molar-refractivity contribution >= 4 is 15.9 Å². The molecule has 1 aromatic carbocycles. The van der Waals surface area contributed by atoms with E-state index in [2.05, 4.69) is 10.0 Å². The van der Waals surface area contributed by atoms with Gasteiger partial charge in [0.25, 0.3) is 5.91 Å². The summed E-state index contributed by atoms with van der Waals surface area (Å²) >= 11 is 0. The summed E-state index contributed by atoms with van der Waals surface area (Å²) in [5.74, 6) is -0.227. The molecule has 0 heterocycles. The van der Waals surface area contributed by atoms with Crippen molar-refractivity contribution in [3.63, 3.8) is 0 Å². The van der Waals surface area contributed by atoms with Crippen LogP contribution in [0.5, 0.6) is 0 Å². The molecule has 0 saturated carbocycles. The van der Waals surface area contributed by atoms with Crippen LogP contribution in [0.1, 0.15) is 49.5 Å². The smallest absolute Gasteiger partial charge is 0.251 e. The first kappa shape index (κ1) is 17.7. The molecule has 1 aromatic rings. The molecule has 0 atom stereocenters. The highest BCUT2D eigenvalue weighted by molar-refractivity contribution is 7.89. The number of sulfonamides is 1. The Morgan fingerprint density at radius 2 is 1.81 bits per heavy atom. The quantitative estimate of drug-likeness (QED) is 0.810. The maximum absolute atomic E-state index is 12.3. The van der Waals surface area contributed by atoms with Gasteiger partial charge in [-0.1, -0.05) is 26.8 Å². The lowest BCUT2D eigenvalue weighted by atomic mass is 10.1. The van der Waals surface area contributed by atoms with Gasteiger partial charge in [0.1, 0.15) is 0 Å². The third-order valence-electron chi connectivity index (χ3n) is 3.42. The Morgan fingerprint density at radius 3 is 2.33 bits per heavy atom. The fourth-order valence-electron chi connectivity index (χ4n) is 2.04. The topological polar surface area (TPSA) is 75.3 Å². The van der Waals surface area contributed by atoms with E-state index in [4.69, 9.17) is 0 Å². The van der Waals surface area contributed by atoms with E-state index in [0.29, 0.717) is 12.1 Å². The number of aryl methyl sites for hydroxylation is 1. The van der Waals surface area contributed by atoms with Crippen LogP contribution in [0.4, 0.5) is 0 Å². The molecule has 0 spiro atoms. The molecule has 0 fully saturated rings. The second-order valence-electron chi connectivity index (χ2n) is 4.96. The van der Waals surface area contributed by atoms with Crippen molar-refractivity contribution in [3.05, 3.63) is 29.3 Å². The van der Waals surface area contributed by atoms with Gasteiger partial charge < -0.3 is 5.32 Å². The number of amides is 1. The van der Waals surface area contributed by atoms with Gasteiger partial charge in [-0.25, -0.2) is 13.1 Å². The molecule has 0 aliphatic carbocycles. The third-order valence-corrected chi connectivity index (χ3v) is 4.96. The lowest BCUT2D eigenvalue weighted by Crippen LogP contribution is -2.34. The Hall–Kier alpha value is -1.40. The van der Waals surface area contributed by atoms with E-state index in [1.54, 1.807) is 19.9 Å². The fourth-order valence-corrected chi connectivity index (χ4v) is 3.11. The highest BCUT2D eigenvalue weighted by atomic mass is 32.2. The number of rotatable bonds is 7. The second kappa shape index (κ2) is 7.56. The average Bonchev–Trinajstić information content (AvgIpc) is 2.44. The maximum atomic E-state index is 12.3. The Morgan fingerprint density at radius 1 is 1.19 bits per heavy atom. The monoisotopic (exact) mass is 312 g/mol. The molecule has 1 rings (SSSR count). The molecule has 1 amide bonds. The van der Waals surface area contributed by atoms with E-state index in [1.807, 2.05) is 13.8 Å². The van der Waals surface area contributed by atoms with Crippen LogP contribution in [0.3, 0.4) is 0 Å². The number of benzene rings is 1. The molecule has 0 aliphatic heterocycles. The summed E-state index contributed by atoms with van der Waals surface area (Å²) in [5, 5.41) is 2.93. The predicted molar refractivity (Wildman–Crippen MR) is 83.9 cm³/mol. The summed E-state index contributed by atoms with van der Waals surface area (Å²) in [6.45, 7) is 7.84. The molecular weight excluding hydrogens is 288 g/mol. The van der Waals surface area contributed by atoms with E-state index in [-0.39, 0.29) is 16.8 Å². The second-order valence-corrected chi connectivity index (χ2v) is 6.73. The zero-order valence-corrected chi connectivity index (χ0v) is 13.9. The van der Waals surface area contributed by atoms with Crippen molar-refractivity contribution in [3.8, 4) is 0 Å². The van der Waals surface area contributed by atoms with E-state index in [9.17, 15) is 13.2 Å². The standard InChI is InChI=1S/C15H24N2O3S/c1-5-12(6-2)17-15(18)14-10-13(9-8-11(14)4)21(19,20)16-7-3/h8-10,12,16H,5-7H2,1-4H3,(H,17,18). The van der Waals surface area contributed by atoms with Crippen LogP contribution in [0.25, 0.3) is 0 Å². The normalized spacial score (nSPS) is 11.7. The summed E-state index contributed by atoms with van der Waals surface area (Å²) in [7, 11) is -3.55. The SMILES string of the molecule is CCNS(=O)(=O)c1ccc(C)c(C(=O)NC(CC)CC)c1. The Balaban J connectivity index is 3.11. The summed E-state index contributed by atoms with van der Waals surface area (Å²) in [6, 6.07) is 4.71. The summed E-state index contributed by atoms with van der Waals surface area (Å²) in [5.41, 5.74) is 1.16. The largest absolute Gasteiger partial charge is 0.349 e. The molecule has 2 N–H and O–H groups in total. The first-order valence-corrected chi connectivity index (χ1v) is 8.75. The lowest BCUT2D eigenvalue weighted by molar-refractivity contribution is 0.0934. The highest BCUT2D eigenvalue weighted by Gasteiger charge is 2.18. The minimum absolute atomic E-state index is 0.103. The van der Waals surface area contributed by atoms with Crippen LogP contribution >= 0.6 is 0 Å². The van der Waals surface area contributed by atoms with Crippen LogP contribution in [-0.4, -0.2) is 26.9 Å². The summed E-state index contributed by atoms with van der Waals surface area (Å²) < 4.78 is 26.4. The average molecular weight is 312 g/mol. The molecule has 5 nitrogen and oxygen atoms in total. The van der Waals surface area contributed by atoms with Gasteiger partial charge in [0.05, 0.1) is 4.90 Å². The molecule has 0 bridgehead atoms. The van der Waals surface area contributed by atoms with Gasteiger partial charge in [-0.15, -0.1) is 0 Å². The van der Waals surface area contributed by atoms with Gasteiger partial charge in [-0.05, 0) is 37.5 Å². The van der Waals surface area contributed by atoms with Crippen LogP contribution in [0, 0.1) is 6.92 Å². The van der Waals surface area contributed by atoms with Crippen molar-refractivity contribution in [1.29, 1.82) is 0 Å². The van der Waals surface area contributed by atoms with E-state index in [1.165, 1.54) is 12.1 Å². The van der Waals surface area contributed by atoms with E-state index in [0.717, 1.165) is 18.4 Å². The molecule has 118 valence electrons. The van der Waals surface area contributed by atoms with Crippen LogP contribution in [-0.2, 0) is 10.0 Å². The van der Waals surface area contributed by atoms with Gasteiger partial charge in [-0.3, -0.25) is 4.79 Å². The first-order chi connectivity index (χ1) is 9.85. The molecule has 0 aromatic heterocycles. The minimum atomic E-state index is -3.55. The third kappa shape index (κ3) is 4.54. The molecule has 0 saturated heterocycles. The first-order valence-electron chi connectivity index (χ1n) is 7.26. The minimum Gasteiger partial charge on any atom is -0.349 e. The zero-order valence-electron chi connectivity index (χ0n) is 13.1. The molecule has 0 unspecified atom stereocenters. The molecule has 6 heteroatoms. The number of hydrogen-bond donors (Lipinski definition) is 2. The van der Waals surface area contributed by atoms with Crippen molar-refractivity contribution in [2.45, 2.75) is 51.5 Å². The number of hydrogen-bond acceptors (Lipinski definition) is 3. The van der Waals surface area contributed by atoms with Crippen molar-refractivity contribution in [1.82, 2.24) is 10.0 Å². The highest BCUT2D eigenvalue weighted by Crippen LogP contribution is 2.16. The Bertz CT molecular complexity index is 593. The Kier molecular flexibility index (Phi) is 6.36. The van der Waals surface area contributed by atoms with E-state index < -0.39 is 10.0 Å². The van der Waals surface area contributed by atoms with Crippen LogP contribution in [0.15, 0.2) is 23.1 Å². The number of nitrogens with one attached hydrogen (secondary N) is 2. The molecule has 0 radical (unpaired) electrons. The van der Waals surface area contributed by atoms with Gasteiger partial charge in [0.2, 0.25) is 10.0 Å². The Labute approximate surface area is 127 Å². The van der Waals surface area contributed by atoms with Gasteiger partial charge in [0, 0.05) is 18.2 Å². The fraction of sp³-hybridized carbons (Fsp3) is 0.533. The van der Waals surface area contributed by atoms with Gasteiger partial charge >= 0.3 is 0 Å². The summed E-state index contributed by atoms with van der Waals surface area (Å²) in [6.07, 6.45) is 1.69. The lowest BCUT2D eigenvalue weighted by Gasteiger charge is -2.16. The molecular formula is C15H24N2O3S. The van der Waals surface area contributed by atoms with Gasteiger partial charge in [-0.2, -0.15) is 0 Å². The maximum Gasteiger partial charge on any atom is 0.251 e. The number of carbonyl (C=O) groups is 1. The van der Waals surface area contributed by atoms with Gasteiger partial charge in [0.15, 0.2) is 0 Å². The number of carbonyl (C=O) groups excluding carboxylic acids is 1. The van der Waals surface area contributed by atoms with Crippen molar-refractivity contribution < 1.29 is 13.2 Å². The van der Waals surface area contributed by atoms with Crippen molar-refractivity contribution in [2.24, 2.45) is 0 Å². The summed E-state index contributed by atoms with van der Waals surface area (Å²) in [4.78, 5) is 12.4. The predicted octanol–water partition coefficient (Wildman–Crippen LogP) is 2.21. The van der Waals surface area contributed by atoms with Crippen LogP contribution < -0.4 is 10.0 Å². The molecule has 0 aliphatic rings. The zero-order chi connectivity index (χ0) is 16.0. The molecule has 21 heavy (non-hydrogen) atoms. The van der Waals surface area contributed by atoms with Crippen molar-refractivity contribution in [2.75, 3.05) is 6.54 Å².